The summed E-state index contributed by atoms with van der Waals surface area (Å²) in [6.45, 7) is 1.79. The first-order chi connectivity index (χ1) is 5.65. The summed E-state index contributed by atoms with van der Waals surface area (Å²) in [4.78, 5) is 0. The summed E-state index contributed by atoms with van der Waals surface area (Å²) in [5.74, 6) is -0.115. The van der Waals surface area contributed by atoms with Gasteiger partial charge >= 0.3 is 0 Å². The van der Waals surface area contributed by atoms with Gasteiger partial charge < -0.3 is 10.3 Å². The maximum absolute atomic E-state index is 11.2. The van der Waals surface area contributed by atoms with E-state index in [1.54, 1.807) is 19.1 Å². The van der Waals surface area contributed by atoms with E-state index in [2.05, 4.69) is 15.9 Å². The standard InChI is InChI=1S/C8H10BrNO2/c1-6(5-11)8-3-2-7(9)4-10(8)12/h2-4,6,11H,5H2,1H3. The van der Waals surface area contributed by atoms with Crippen molar-refractivity contribution in [3.63, 3.8) is 0 Å². The summed E-state index contributed by atoms with van der Waals surface area (Å²) < 4.78 is 1.51. The van der Waals surface area contributed by atoms with Gasteiger partial charge in [-0.3, -0.25) is 0 Å². The van der Waals surface area contributed by atoms with E-state index in [0.29, 0.717) is 5.69 Å². The third-order valence-electron chi connectivity index (χ3n) is 1.69. The minimum Gasteiger partial charge on any atom is -0.618 e. The maximum atomic E-state index is 11.2. The Balaban J connectivity index is 3.01. The Labute approximate surface area is 79.4 Å². The van der Waals surface area contributed by atoms with Crippen LogP contribution in [0.2, 0.25) is 0 Å². The number of aliphatic hydroxyl groups excluding tert-OH is 1. The molecule has 1 rings (SSSR count). The van der Waals surface area contributed by atoms with Gasteiger partial charge in [-0.05, 0) is 22.0 Å². The van der Waals surface area contributed by atoms with Crippen LogP contribution in [0.25, 0.3) is 0 Å². The molecule has 1 aromatic heterocycles. The maximum Gasteiger partial charge on any atom is 0.197 e. The van der Waals surface area contributed by atoms with Crippen LogP contribution >= 0.6 is 15.9 Å². The van der Waals surface area contributed by atoms with Crippen molar-refractivity contribution in [2.75, 3.05) is 6.61 Å². The van der Waals surface area contributed by atoms with Gasteiger partial charge in [0.1, 0.15) is 0 Å². The largest absolute Gasteiger partial charge is 0.618 e. The highest BCUT2D eigenvalue weighted by Crippen LogP contribution is 2.12. The lowest BCUT2D eigenvalue weighted by Crippen LogP contribution is -2.33. The summed E-state index contributed by atoms with van der Waals surface area (Å²) in [6.07, 6.45) is 1.43. The molecule has 4 heteroatoms. The Morgan fingerprint density at radius 1 is 1.67 bits per heavy atom. The van der Waals surface area contributed by atoms with Crippen LogP contribution in [-0.4, -0.2) is 11.7 Å². The molecule has 0 aliphatic rings. The Hall–Kier alpha value is -0.610. The van der Waals surface area contributed by atoms with E-state index in [1.165, 1.54) is 6.20 Å². The van der Waals surface area contributed by atoms with Crippen molar-refractivity contribution in [1.29, 1.82) is 0 Å². The second kappa shape index (κ2) is 3.87. The number of aromatic nitrogens is 1. The zero-order valence-electron chi connectivity index (χ0n) is 6.70. The van der Waals surface area contributed by atoms with Gasteiger partial charge in [-0.1, -0.05) is 6.92 Å². The predicted octanol–water partition coefficient (Wildman–Crippen LogP) is 1.18. The number of aliphatic hydroxyl groups is 1. The van der Waals surface area contributed by atoms with E-state index in [9.17, 15) is 5.21 Å². The molecule has 1 atom stereocenters. The second-order valence-electron chi connectivity index (χ2n) is 2.68. The van der Waals surface area contributed by atoms with E-state index >= 15 is 0 Å². The number of halogens is 1. The van der Waals surface area contributed by atoms with Crippen LogP contribution < -0.4 is 4.73 Å². The van der Waals surface area contributed by atoms with Crippen molar-refractivity contribution in [3.8, 4) is 0 Å². The highest BCUT2D eigenvalue weighted by Gasteiger charge is 2.13. The summed E-state index contributed by atoms with van der Waals surface area (Å²) in [5.41, 5.74) is 0.584. The minimum atomic E-state index is -0.115. The van der Waals surface area contributed by atoms with Gasteiger partial charge in [0.25, 0.3) is 0 Å². The van der Waals surface area contributed by atoms with Gasteiger partial charge in [-0.15, -0.1) is 0 Å². The molecule has 0 saturated heterocycles. The van der Waals surface area contributed by atoms with E-state index in [1.807, 2.05) is 0 Å². The molecular formula is C8H10BrNO2. The molecule has 0 amide bonds. The first-order valence-corrected chi connectivity index (χ1v) is 4.44. The molecule has 3 nitrogen and oxygen atoms in total. The van der Waals surface area contributed by atoms with Gasteiger partial charge in [0.2, 0.25) is 0 Å². The molecule has 1 heterocycles. The average molecular weight is 232 g/mol. The van der Waals surface area contributed by atoms with Crippen molar-refractivity contribution < 1.29 is 9.84 Å². The third-order valence-corrected chi connectivity index (χ3v) is 2.16. The third kappa shape index (κ3) is 1.95. The molecule has 0 spiro atoms. The lowest BCUT2D eigenvalue weighted by atomic mass is 10.1. The molecule has 1 unspecified atom stereocenters. The first-order valence-electron chi connectivity index (χ1n) is 3.64. The number of hydrogen-bond acceptors (Lipinski definition) is 2. The minimum absolute atomic E-state index is 0.0100. The SMILES string of the molecule is CC(CO)c1ccc(Br)c[n+]1[O-]. The number of pyridine rings is 1. The quantitative estimate of drug-likeness (QED) is 0.614. The predicted molar refractivity (Wildman–Crippen MR) is 48.6 cm³/mol. The topological polar surface area (TPSA) is 47.2 Å². The summed E-state index contributed by atoms with van der Waals surface area (Å²) in [7, 11) is 0. The fourth-order valence-electron chi connectivity index (χ4n) is 0.943. The second-order valence-corrected chi connectivity index (χ2v) is 3.60. The van der Waals surface area contributed by atoms with E-state index in [0.717, 1.165) is 9.20 Å². The first kappa shape index (κ1) is 9.48. The van der Waals surface area contributed by atoms with Crippen molar-refractivity contribution in [2.24, 2.45) is 0 Å². The smallest absolute Gasteiger partial charge is 0.197 e. The summed E-state index contributed by atoms with van der Waals surface area (Å²) in [6, 6.07) is 3.49. The summed E-state index contributed by atoms with van der Waals surface area (Å²) in [5, 5.41) is 20.0. The Kier molecular flexibility index (Phi) is 3.05. The molecule has 1 N–H and O–H groups in total. The molecule has 0 aromatic carbocycles. The highest BCUT2D eigenvalue weighted by atomic mass is 79.9. The van der Waals surface area contributed by atoms with Gasteiger partial charge in [-0.2, -0.15) is 4.73 Å². The fraction of sp³-hybridized carbons (Fsp3) is 0.375. The van der Waals surface area contributed by atoms with Crippen molar-refractivity contribution in [3.05, 3.63) is 33.7 Å². The Bertz CT molecular complexity index is 278. The molecule has 0 saturated carbocycles. The number of rotatable bonds is 2. The number of hydrogen-bond donors (Lipinski definition) is 1. The van der Waals surface area contributed by atoms with Gasteiger partial charge in [0.15, 0.2) is 11.9 Å². The zero-order chi connectivity index (χ0) is 9.14. The lowest BCUT2D eigenvalue weighted by Gasteiger charge is -2.08. The van der Waals surface area contributed by atoms with Crippen LogP contribution in [0, 0.1) is 5.21 Å². The normalized spacial score (nSPS) is 12.9. The Morgan fingerprint density at radius 2 is 2.33 bits per heavy atom. The zero-order valence-corrected chi connectivity index (χ0v) is 8.28. The molecule has 0 bridgehead atoms. The van der Waals surface area contributed by atoms with Crippen LogP contribution in [0.3, 0.4) is 0 Å². The van der Waals surface area contributed by atoms with Gasteiger partial charge in [0, 0.05) is 6.07 Å². The van der Waals surface area contributed by atoms with Crippen LogP contribution in [0.1, 0.15) is 18.5 Å². The average Bonchev–Trinajstić information content (AvgIpc) is 2.03. The highest BCUT2D eigenvalue weighted by molar-refractivity contribution is 9.10. The van der Waals surface area contributed by atoms with Crippen molar-refractivity contribution in [2.45, 2.75) is 12.8 Å². The number of nitrogens with zero attached hydrogens (tertiary/aromatic N) is 1. The molecule has 12 heavy (non-hydrogen) atoms. The van der Waals surface area contributed by atoms with Gasteiger partial charge in [-0.25, -0.2) is 0 Å². The van der Waals surface area contributed by atoms with Gasteiger partial charge in [0.05, 0.1) is 17.0 Å². The molecule has 1 aromatic rings. The molecule has 0 aliphatic carbocycles. The van der Waals surface area contributed by atoms with E-state index in [4.69, 9.17) is 5.11 Å². The lowest BCUT2D eigenvalue weighted by molar-refractivity contribution is -0.616. The fourth-order valence-corrected chi connectivity index (χ4v) is 1.26. The van der Waals surface area contributed by atoms with E-state index in [-0.39, 0.29) is 12.5 Å². The summed E-state index contributed by atoms with van der Waals surface area (Å²) >= 11 is 3.18. The molecule has 0 radical (unpaired) electrons. The Morgan fingerprint density at radius 3 is 2.83 bits per heavy atom. The molecule has 0 aliphatic heterocycles. The monoisotopic (exact) mass is 231 g/mol. The molecule has 66 valence electrons. The van der Waals surface area contributed by atoms with Crippen LogP contribution in [-0.2, 0) is 0 Å². The van der Waals surface area contributed by atoms with Crippen molar-refractivity contribution in [1.82, 2.24) is 0 Å². The van der Waals surface area contributed by atoms with Crippen molar-refractivity contribution >= 4 is 15.9 Å². The molecule has 0 fully saturated rings. The molecular weight excluding hydrogens is 222 g/mol. The van der Waals surface area contributed by atoms with Crippen LogP contribution in [0.5, 0.6) is 0 Å². The van der Waals surface area contributed by atoms with E-state index < -0.39 is 0 Å². The van der Waals surface area contributed by atoms with Crippen LogP contribution in [0.15, 0.2) is 22.8 Å². The van der Waals surface area contributed by atoms with Crippen LogP contribution in [0.4, 0.5) is 0 Å².